The van der Waals surface area contributed by atoms with E-state index in [-0.39, 0.29) is 11.9 Å². The molecule has 0 aliphatic carbocycles. The number of pyridine rings is 1. The smallest absolute Gasteiger partial charge is 0.126 e. The van der Waals surface area contributed by atoms with E-state index in [1.54, 1.807) is 12.3 Å². The van der Waals surface area contributed by atoms with Crippen molar-refractivity contribution in [1.82, 2.24) is 4.40 Å². The second kappa shape index (κ2) is 4.03. The van der Waals surface area contributed by atoms with E-state index in [1.807, 2.05) is 16.7 Å². The molecule has 0 radical (unpaired) electrons. The van der Waals surface area contributed by atoms with Crippen molar-refractivity contribution in [3.8, 4) is 0 Å². The van der Waals surface area contributed by atoms with Gasteiger partial charge >= 0.3 is 0 Å². The molecule has 80 valence electrons. The summed E-state index contributed by atoms with van der Waals surface area (Å²) in [5, 5.41) is 0. The van der Waals surface area contributed by atoms with Gasteiger partial charge in [0, 0.05) is 18.4 Å². The third-order valence-corrected chi connectivity index (χ3v) is 2.72. The summed E-state index contributed by atoms with van der Waals surface area (Å²) in [5.74, 6) is -0.201. The molecular weight excluding hydrogens is 191 g/mol. The van der Waals surface area contributed by atoms with Crippen LogP contribution >= 0.6 is 0 Å². The molecule has 0 saturated carbocycles. The van der Waals surface area contributed by atoms with Gasteiger partial charge in [-0.05, 0) is 36.6 Å². The summed E-state index contributed by atoms with van der Waals surface area (Å²) in [6.07, 6.45) is 5.40. The van der Waals surface area contributed by atoms with Gasteiger partial charge in [-0.1, -0.05) is 6.92 Å². The highest BCUT2D eigenvalue weighted by atomic mass is 19.1. The van der Waals surface area contributed by atoms with Crippen LogP contribution in [-0.2, 0) is 6.42 Å². The van der Waals surface area contributed by atoms with Crippen LogP contribution in [0.25, 0.3) is 5.52 Å². The van der Waals surface area contributed by atoms with Crippen LogP contribution in [-0.4, -0.2) is 10.4 Å². The maximum absolute atomic E-state index is 13.1. The van der Waals surface area contributed by atoms with Crippen LogP contribution in [0.5, 0.6) is 0 Å². The largest absolute Gasteiger partial charge is 0.327 e. The molecular formula is C12H15FN2. The fourth-order valence-corrected chi connectivity index (χ4v) is 1.73. The Bertz CT molecular complexity index is 462. The zero-order valence-electron chi connectivity index (χ0n) is 8.78. The van der Waals surface area contributed by atoms with Crippen LogP contribution in [0.15, 0.2) is 30.6 Å². The molecule has 0 spiro atoms. The molecule has 2 aromatic rings. The number of fused-ring (bicyclic) bond motifs is 1. The molecule has 0 aromatic carbocycles. The van der Waals surface area contributed by atoms with Crippen molar-refractivity contribution in [3.63, 3.8) is 0 Å². The molecule has 0 fully saturated rings. The summed E-state index contributed by atoms with van der Waals surface area (Å²) >= 11 is 0. The fraction of sp³-hybridized carbons (Fsp3) is 0.333. The normalized spacial score (nSPS) is 13.3. The molecule has 15 heavy (non-hydrogen) atoms. The van der Waals surface area contributed by atoms with Gasteiger partial charge < -0.3 is 10.1 Å². The quantitative estimate of drug-likeness (QED) is 0.821. The first kappa shape index (κ1) is 10.2. The Balaban J connectivity index is 2.39. The number of nitrogens with zero attached hydrogens (tertiary/aromatic N) is 1. The highest BCUT2D eigenvalue weighted by molar-refractivity contribution is 5.56. The van der Waals surface area contributed by atoms with Crippen molar-refractivity contribution in [3.05, 3.63) is 42.0 Å². The van der Waals surface area contributed by atoms with E-state index >= 15 is 0 Å². The summed E-state index contributed by atoms with van der Waals surface area (Å²) < 4.78 is 15.0. The van der Waals surface area contributed by atoms with Crippen LogP contribution < -0.4 is 5.73 Å². The fourth-order valence-electron chi connectivity index (χ4n) is 1.73. The number of hydrogen-bond acceptors (Lipinski definition) is 1. The predicted molar refractivity (Wildman–Crippen MR) is 59.3 cm³/mol. The zero-order chi connectivity index (χ0) is 10.8. The Morgan fingerprint density at radius 1 is 1.40 bits per heavy atom. The maximum Gasteiger partial charge on any atom is 0.126 e. The second-order valence-corrected chi connectivity index (χ2v) is 3.85. The molecule has 1 unspecified atom stereocenters. The summed E-state index contributed by atoms with van der Waals surface area (Å²) in [7, 11) is 0. The monoisotopic (exact) mass is 206 g/mol. The molecule has 0 bridgehead atoms. The first-order chi connectivity index (χ1) is 7.20. The lowest BCUT2D eigenvalue weighted by molar-refractivity contribution is 0.625. The second-order valence-electron chi connectivity index (χ2n) is 3.85. The summed E-state index contributed by atoms with van der Waals surface area (Å²) in [4.78, 5) is 0. The molecule has 0 saturated heterocycles. The van der Waals surface area contributed by atoms with Crippen molar-refractivity contribution in [2.24, 2.45) is 5.73 Å². The Labute approximate surface area is 88.5 Å². The van der Waals surface area contributed by atoms with E-state index in [1.165, 1.54) is 6.07 Å². The highest BCUT2D eigenvalue weighted by Crippen LogP contribution is 2.16. The van der Waals surface area contributed by atoms with E-state index in [0.29, 0.717) is 0 Å². The predicted octanol–water partition coefficient (Wildman–Crippen LogP) is 2.36. The van der Waals surface area contributed by atoms with Gasteiger partial charge in [-0.25, -0.2) is 4.39 Å². The van der Waals surface area contributed by atoms with Crippen molar-refractivity contribution in [2.75, 3.05) is 0 Å². The van der Waals surface area contributed by atoms with Crippen molar-refractivity contribution in [2.45, 2.75) is 25.8 Å². The van der Waals surface area contributed by atoms with Crippen molar-refractivity contribution in [1.29, 1.82) is 0 Å². The molecule has 3 heteroatoms. The molecule has 1 atom stereocenters. The van der Waals surface area contributed by atoms with Crippen LogP contribution in [0.3, 0.4) is 0 Å². The topological polar surface area (TPSA) is 30.4 Å². The van der Waals surface area contributed by atoms with E-state index < -0.39 is 0 Å². The van der Waals surface area contributed by atoms with Crippen LogP contribution in [0.4, 0.5) is 4.39 Å². The first-order valence-corrected chi connectivity index (χ1v) is 5.21. The highest BCUT2D eigenvalue weighted by Gasteiger charge is 2.07. The molecule has 2 N–H and O–H groups in total. The molecule has 0 aliphatic rings. The number of nitrogens with two attached hydrogens (primary N) is 1. The minimum Gasteiger partial charge on any atom is -0.327 e. The Morgan fingerprint density at radius 2 is 2.13 bits per heavy atom. The van der Waals surface area contributed by atoms with Crippen LogP contribution in [0.1, 0.15) is 18.9 Å². The van der Waals surface area contributed by atoms with E-state index in [9.17, 15) is 4.39 Å². The van der Waals surface area contributed by atoms with E-state index in [2.05, 4.69) is 6.92 Å². The molecule has 2 aromatic heterocycles. The average Bonchev–Trinajstić information content (AvgIpc) is 2.61. The first-order valence-electron chi connectivity index (χ1n) is 5.21. The zero-order valence-corrected chi connectivity index (χ0v) is 8.78. The molecule has 2 heterocycles. The van der Waals surface area contributed by atoms with Gasteiger partial charge in [0.1, 0.15) is 5.82 Å². The van der Waals surface area contributed by atoms with Crippen LogP contribution in [0, 0.1) is 5.82 Å². The summed E-state index contributed by atoms with van der Waals surface area (Å²) in [6.45, 7) is 2.06. The van der Waals surface area contributed by atoms with Gasteiger partial charge in [0.05, 0.1) is 5.52 Å². The van der Waals surface area contributed by atoms with Gasteiger partial charge in [-0.3, -0.25) is 0 Å². The van der Waals surface area contributed by atoms with E-state index in [4.69, 9.17) is 5.73 Å². The summed E-state index contributed by atoms with van der Waals surface area (Å²) in [6, 6.07) is 5.16. The minimum atomic E-state index is -0.201. The number of rotatable bonds is 3. The van der Waals surface area contributed by atoms with Gasteiger partial charge in [-0.2, -0.15) is 0 Å². The molecule has 0 amide bonds. The van der Waals surface area contributed by atoms with Gasteiger partial charge in [0.15, 0.2) is 0 Å². The van der Waals surface area contributed by atoms with E-state index in [0.717, 1.165) is 23.9 Å². The SMILES string of the molecule is CCC(N)Cc1ccn2ccc(F)cc12. The van der Waals surface area contributed by atoms with Crippen LogP contribution in [0.2, 0.25) is 0 Å². The van der Waals surface area contributed by atoms with Crippen molar-refractivity contribution < 1.29 is 4.39 Å². The maximum atomic E-state index is 13.1. The number of halogens is 1. The molecule has 0 aliphatic heterocycles. The van der Waals surface area contributed by atoms with Gasteiger partial charge in [0.25, 0.3) is 0 Å². The number of hydrogen-bond donors (Lipinski definition) is 1. The molecule has 2 rings (SSSR count). The lowest BCUT2D eigenvalue weighted by Crippen LogP contribution is -2.21. The Kier molecular flexibility index (Phi) is 2.73. The standard InChI is InChI=1S/C12H15FN2/c1-2-11(14)7-9-3-5-15-6-4-10(13)8-12(9)15/h3-6,8,11H,2,7,14H2,1H3. The van der Waals surface area contributed by atoms with Gasteiger partial charge in [-0.15, -0.1) is 0 Å². The third kappa shape index (κ3) is 2.02. The van der Waals surface area contributed by atoms with Crippen molar-refractivity contribution >= 4 is 5.52 Å². The number of aromatic nitrogens is 1. The van der Waals surface area contributed by atoms with Gasteiger partial charge in [0.2, 0.25) is 0 Å². The lowest BCUT2D eigenvalue weighted by Gasteiger charge is -2.07. The average molecular weight is 206 g/mol. The summed E-state index contributed by atoms with van der Waals surface area (Å²) in [5.41, 5.74) is 7.92. The Hall–Kier alpha value is -1.35. The lowest BCUT2D eigenvalue weighted by atomic mass is 10.1. The third-order valence-electron chi connectivity index (χ3n) is 2.72. The molecule has 2 nitrogen and oxygen atoms in total. The Morgan fingerprint density at radius 3 is 2.87 bits per heavy atom. The minimum absolute atomic E-state index is 0.152.